The summed E-state index contributed by atoms with van der Waals surface area (Å²) < 4.78 is 1.89. The second-order valence-electron chi connectivity index (χ2n) is 4.61. The molecule has 0 saturated heterocycles. The van der Waals surface area contributed by atoms with Crippen molar-refractivity contribution in [2.75, 3.05) is 7.05 Å². The van der Waals surface area contributed by atoms with Gasteiger partial charge in [-0.25, -0.2) is 0 Å². The van der Waals surface area contributed by atoms with Gasteiger partial charge in [0.2, 0.25) is 0 Å². The van der Waals surface area contributed by atoms with Crippen LogP contribution in [0.3, 0.4) is 0 Å². The highest BCUT2D eigenvalue weighted by Gasteiger charge is 2.24. The summed E-state index contributed by atoms with van der Waals surface area (Å²) in [6, 6.07) is 0.499. The molecule has 3 nitrogen and oxygen atoms in total. The summed E-state index contributed by atoms with van der Waals surface area (Å²) in [5, 5.41) is 7.71. The Hall–Kier alpha value is -0.830. The first kappa shape index (κ1) is 10.7. The summed E-state index contributed by atoms with van der Waals surface area (Å²) >= 11 is 0. The zero-order valence-electron chi connectivity index (χ0n) is 9.74. The van der Waals surface area contributed by atoms with Crippen molar-refractivity contribution < 1.29 is 0 Å². The van der Waals surface area contributed by atoms with Gasteiger partial charge < -0.3 is 5.32 Å². The molecule has 2 rings (SSSR count). The van der Waals surface area contributed by atoms with Gasteiger partial charge in [0.15, 0.2) is 0 Å². The molecular formula is C12H21N3. The number of nitrogens with one attached hydrogen (secondary N) is 1. The van der Waals surface area contributed by atoms with E-state index in [1.165, 1.54) is 37.7 Å². The number of hydrogen-bond donors (Lipinski definition) is 1. The number of nitrogens with zero attached hydrogens (tertiary/aromatic N) is 2. The van der Waals surface area contributed by atoms with Gasteiger partial charge in [-0.05, 0) is 25.8 Å². The predicted octanol–water partition coefficient (Wildman–Crippen LogP) is 2.26. The molecule has 0 amide bonds. The minimum absolute atomic E-state index is 0.499. The average molecular weight is 207 g/mol. The van der Waals surface area contributed by atoms with Gasteiger partial charge in [-0.3, -0.25) is 4.68 Å². The fourth-order valence-electron chi connectivity index (χ4n) is 2.74. The molecule has 1 aromatic heterocycles. The summed E-state index contributed by atoms with van der Waals surface area (Å²) in [6.45, 7) is 0. The topological polar surface area (TPSA) is 29.9 Å². The van der Waals surface area contributed by atoms with E-state index in [0.717, 1.165) is 5.92 Å². The quantitative estimate of drug-likeness (QED) is 0.824. The lowest BCUT2D eigenvalue weighted by atomic mass is 9.82. The average Bonchev–Trinajstić information content (AvgIpc) is 2.68. The number of hydrogen-bond acceptors (Lipinski definition) is 2. The molecule has 0 spiro atoms. The van der Waals surface area contributed by atoms with E-state index in [9.17, 15) is 0 Å². The molecule has 1 heterocycles. The van der Waals surface area contributed by atoms with Crippen molar-refractivity contribution in [1.82, 2.24) is 15.1 Å². The molecule has 0 radical (unpaired) electrons. The molecule has 3 heteroatoms. The van der Waals surface area contributed by atoms with Crippen LogP contribution in [0.4, 0.5) is 0 Å². The Balaban J connectivity index is 2.08. The second kappa shape index (κ2) is 4.79. The van der Waals surface area contributed by atoms with E-state index in [4.69, 9.17) is 0 Å². The third-order valence-electron chi connectivity index (χ3n) is 3.52. The van der Waals surface area contributed by atoms with E-state index >= 15 is 0 Å². The molecule has 15 heavy (non-hydrogen) atoms. The van der Waals surface area contributed by atoms with E-state index in [-0.39, 0.29) is 0 Å². The van der Waals surface area contributed by atoms with Crippen LogP contribution in [-0.2, 0) is 7.05 Å². The highest BCUT2D eigenvalue weighted by atomic mass is 15.2. The first-order valence-electron chi connectivity index (χ1n) is 5.97. The third-order valence-corrected chi connectivity index (χ3v) is 3.52. The summed E-state index contributed by atoms with van der Waals surface area (Å²) in [5.41, 5.74) is 1.34. The maximum Gasteiger partial charge on any atom is 0.0537 e. The molecule has 84 valence electrons. The number of rotatable bonds is 3. The van der Waals surface area contributed by atoms with E-state index in [2.05, 4.69) is 23.7 Å². The van der Waals surface area contributed by atoms with Gasteiger partial charge in [0.1, 0.15) is 0 Å². The molecule has 1 saturated carbocycles. The van der Waals surface area contributed by atoms with Crippen molar-refractivity contribution in [3.8, 4) is 0 Å². The third kappa shape index (κ3) is 2.40. The monoisotopic (exact) mass is 207 g/mol. The van der Waals surface area contributed by atoms with Crippen LogP contribution in [0.5, 0.6) is 0 Å². The van der Waals surface area contributed by atoms with E-state index in [0.29, 0.717) is 6.04 Å². The van der Waals surface area contributed by atoms with Crippen LogP contribution in [0.15, 0.2) is 12.4 Å². The van der Waals surface area contributed by atoms with Crippen molar-refractivity contribution in [2.24, 2.45) is 13.0 Å². The van der Waals surface area contributed by atoms with Crippen molar-refractivity contribution in [2.45, 2.75) is 38.1 Å². The van der Waals surface area contributed by atoms with Crippen LogP contribution in [0, 0.1) is 5.92 Å². The van der Waals surface area contributed by atoms with Crippen LogP contribution in [0.2, 0.25) is 0 Å². The molecular weight excluding hydrogens is 186 g/mol. The zero-order valence-corrected chi connectivity index (χ0v) is 9.74. The molecule has 0 aliphatic heterocycles. The van der Waals surface area contributed by atoms with Gasteiger partial charge >= 0.3 is 0 Å². The molecule has 1 N–H and O–H groups in total. The molecule has 1 fully saturated rings. The summed E-state index contributed by atoms with van der Waals surface area (Å²) in [4.78, 5) is 0. The van der Waals surface area contributed by atoms with Gasteiger partial charge in [-0.1, -0.05) is 19.3 Å². The molecule has 0 bridgehead atoms. The Kier molecular flexibility index (Phi) is 3.41. The molecule has 1 unspecified atom stereocenters. The SMILES string of the molecule is CNC(c1cnn(C)c1)C1CCCCC1. The van der Waals surface area contributed by atoms with Crippen molar-refractivity contribution >= 4 is 0 Å². The van der Waals surface area contributed by atoms with Crippen LogP contribution < -0.4 is 5.32 Å². The van der Waals surface area contributed by atoms with E-state index < -0.39 is 0 Å². The Bertz CT molecular complexity index is 300. The number of aryl methyl sites for hydroxylation is 1. The lowest BCUT2D eigenvalue weighted by Crippen LogP contribution is -2.26. The molecule has 1 aromatic rings. The predicted molar refractivity (Wildman–Crippen MR) is 61.6 cm³/mol. The number of aromatic nitrogens is 2. The normalized spacial score (nSPS) is 20.4. The minimum Gasteiger partial charge on any atom is -0.313 e. The Morgan fingerprint density at radius 2 is 2.13 bits per heavy atom. The summed E-state index contributed by atoms with van der Waals surface area (Å²) in [6.07, 6.45) is 11.1. The fourth-order valence-corrected chi connectivity index (χ4v) is 2.74. The van der Waals surface area contributed by atoms with E-state index in [1.807, 2.05) is 17.9 Å². The highest BCUT2D eigenvalue weighted by molar-refractivity contribution is 5.11. The van der Waals surface area contributed by atoms with Crippen LogP contribution in [0.25, 0.3) is 0 Å². The van der Waals surface area contributed by atoms with Gasteiger partial charge in [0.25, 0.3) is 0 Å². The lowest BCUT2D eigenvalue weighted by Gasteiger charge is -2.29. The molecule has 1 aliphatic rings. The van der Waals surface area contributed by atoms with Crippen molar-refractivity contribution in [1.29, 1.82) is 0 Å². The minimum atomic E-state index is 0.499. The van der Waals surface area contributed by atoms with E-state index in [1.54, 1.807) is 0 Å². The highest BCUT2D eigenvalue weighted by Crippen LogP contribution is 2.33. The summed E-state index contributed by atoms with van der Waals surface area (Å²) in [5.74, 6) is 0.799. The first-order valence-corrected chi connectivity index (χ1v) is 5.97. The lowest BCUT2D eigenvalue weighted by molar-refractivity contribution is 0.281. The van der Waals surface area contributed by atoms with Crippen molar-refractivity contribution in [3.05, 3.63) is 18.0 Å². The Labute approximate surface area is 91.9 Å². The van der Waals surface area contributed by atoms with Gasteiger partial charge in [0, 0.05) is 24.8 Å². The largest absolute Gasteiger partial charge is 0.313 e. The van der Waals surface area contributed by atoms with Gasteiger partial charge in [-0.15, -0.1) is 0 Å². The first-order chi connectivity index (χ1) is 7.31. The zero-order chi connectivity index (χ0) is 10.7. The van der Waals surface area contributed by atoms with Crippen LogP contribution in [-0.4, -0.2) is 16.8 Å². The van der Waals surface area contributed by atoms with Crippen molar-refractivity contribution in [3.63, 3.8) is 0 Å². The van der Waals surface area contributed by atoms with Crippen LogP contribution >= 0.6 is 0 Å². The maximum absolute atomic E-state index is 4.26. The Morgan fingerprint density at radius 1 is 1.40 bits per heavy atom. The molecule has 1 aliphatic carbocycles. The Morgan fingerprint density at radius 3 is 2.67 bits per heavy atom. The van der Waals surface area contributed by atoms with Crippen LogP contribution in [0.1, 0.15) is 43.7 Å². The summed E-state index contributed by atoms with van der Waals surface area (Å²) in [7, 11) is 4.05. The van der Waals surface area contributed by atoms with Gasteiger partial charge in [0.05, 0.1) is 6.20 Å². The van der Waals surface area contributed by atoms with Gasteiger partial charge in [-0.2, -0.15) is 5.10 Å². The maximum atomic E-state index is 4.26. The standard InChI is InChI=1S/C12H21N3/c1-13-12(10-6-4-3-5-7-10)11-8-14-15(2)9-11/h8-10,12-13H,3-7H2,1-2H3. The second-order valence-corrected chi connectivity index (χ2v) is 4.61. The molecule has 1 atom stereocenters. The molecule has 0 aromatic carbocycles. The fraction of sp³-hybridized carbons (Fsp3) is 0.750. The smallest absolute Gasteiger partial charge is 0.0537 e.